The van der Waals surface area contributed by atoms with Crippen LogP contribution in [-0.2, 0) is 0 Å². The number of carboxylic acid groups (broad SMARTS) is 1. The maximum Gasteiger partial charge on any atom is 0.342 e. The first-order valence-electron chi connectivity index (χ1n) is 3.75. The Bertz CT molecular complexity index is 458. The second-order valence-corrected chi connectivity index (χ2v) is 3.10. The highest BCUT2D eigenvalue weighted by Gasteiger charge is 2.20. The number of nitrogens with zero attached hydrogens (tertiary/aromatic N) is 1. The lowest BCUT2D eigenvalue weighted by atomic mass is 10.1. The summed E-state index contributed by atoms with van der Waals surface area (Å²) in [5, 5.41) is 19.2. The third kappa shape index (κ3) is 2.26. The van der Waals surface area contributed by atoms with Gasteiger partial charge < -0.3 is 10.8 Å². The number of rotatable bonds is 3. The second-order valence-electron chi connectivity index (χ2n) is 2.66. The van der Waals surface area contributed by atoms with Crippen molar-refractivity contribution >= 4 is 28.9 Å². The van der Waals surface area contributed by atoms with Crippen molar-refractivity contribution in [3.05, 3.63) is 39.4 Å². The van der Waals surface area contributed by atoms with Crippen LogP contribution in [0.2, 0.25) is 0 Å². The molecule has 0 unspecified atom stereocenters. The van der Waals surface area contributed by atoms with E-state index in [4.69, 9.17) is 10.8 Å². The molecule has 0 aromatic heterocycles. The molecule has 1 rings (SSSR count). The molecule has 0 amide bonds. The van der Waals surface area contributed by atoms with Crippen molar-refractivity contribution in [3.8, 4) is 0 Å². The van der Waals surface area contributed by atoms with Gasteiger partial charge in [0.2, 0.25) is 0 Å². The summed E-state index contributed by atoms with van der Waals surface area (Å²) in [6.45, 7) is 0. The van der Waals surface area contributed by atoms with Gasteiger partial charge in [0, 0.05) is 11.6 Å². The molecule has 0 saturated heterocycles. The number of hydrogen-bond acceptors (Lipinski definition) is 4. The predicted octanol–water partition coefficient (Wildman–Crippen LogP) is 0.927. The van der Waals surface area contributed by atoms with Crippen LogP contribution in [0.5, 0.6) is 0 Å². The van der Waals surface area contributed by atoms with Crippen LogP contribution in [0.4, 0.5) is 5.69 Å². The number of nitrogens with two attached hydrogens (primary N) is 1. The Kier molecular flexibility index (Phi) is 2.96. The minimum atomic E-state index is -1.39. The molecule has 0 fully saturated rings. The fourth-order valence-electron chi connectivity index (χ4n) is 1.02. The van der Waals surface area contributed by atoms with Crippen LogP contribution in [0.1, 0.15) is 15.9 Å². The summed E-state index contributed by atoms with van der Waals surface area (Å²) in [5.41, 5.74) is 4.65. The van der Waals surface area contributed by atoms with Crippen molar-refractivity contribution < 1.29 is 14.8 Å². The summed E-state index contributed by atoms with van der Waals surface area (Å²) < 4.78 is 0. The largest absolute Gasteiger partial charge is 0.477 e. The third-order valence-electron chi connectivity index (χ3n) is 1.71. The molecule has 3 N–H and O–H groups in total. The van der Waals surface area contributed by atoms with Gasteiger partial charge in [-0.2, -0.15) is 0 Å². The Labute approximate surface area is 89.5 Å². The third-order valence-corrected chi connectivity index (χ3v) is 1.94. The van der Waals surface area contributed by atoms with Crippen LogP contribution in [0.3, 0.4) is 0 Å². The molecule has 0 aliphatic rings. The van der Waals surface area contributed by atoms with Crippen LogP contribution >= 0.6 is 12.2 Å². The van der Waals surface area contributed by atoms with Gasteiger partial charge in [-0.05, 0) is 12.1 Å². The number of carbonyl (C=O) groups is 1. The number of hydrogen-bond donors (Lipinski definition) is 2. The van der Waals surface area contributed by atoms with Crippen molar-refractivity contribution in [2.45, 2.75) is 0 Å². The standard InChI is InChI=1S/C8H6N2O4S/c9-7(15)4-1-2-6(10(13)14)5(3-4)8(11)12/h1-3H,(H2,9,15)(H,11,12). The molecule has 0 saturated carbocycles. The molecule has 15 heavy (non-hydrogen) atoms. The van der Waals surface area contributed by atoms with Gasteiger partial charge in [0.25, 0.3) is 5.69 Å². The Morgan fingerprint density at radius 3 is 2.53 bits per heavy atom. The molecule has 6 nitrogen and oxygen atoms in total. The molecule has 0 radical (unpaired) electrons. The van der Waals surface area contributed by atoms with Crippen molar-refractivity contribution in [2.75, 3.05) is 0 Å². The van der Waals surface area contributed by atoms with Gasteiger partial charge in [-0.15, -0.1) is 0 Å². The van der Waals surface area contributed by atoms with E-state index in [0.717, 1.165) is 12.1 Å². The summed E-state index contributed by atoms with van der Waals surface area (Å²) in [5.74, 6) is -1.39. The zero-order valence-corrected chi connectivity index (χ0v) is 8.15. The molecule has 0 aliphatic carbocycles. The quantitative estimate of drug-likeness (QED) is 0.451. The van der Waals surface area contributed by atoms with E-state index >= 15 is 0 Å². The van der Waals surface area contributed by atoms with E-state index in [9.17, 15) is 14.9 Å². The van der Waals surface area contributed by atoms with Gasteiger partial charge in [0.1, 0.15) is 10.6 Å². The molecule has 0 spiro atoms. The van der Waals surface area contributed by atoms with Crippen LogP contribution in [0.25, 0.3) is 0 Å². The highest BCUT2D eigenvalue weighted by Crippen LogP contribution is 2.19. The molecule has 1 aromatic rings. The van der Waals surface area contributed by atoms with Crippen LogP contribution in [0.15, 0.2) is 18.2 Å². The summed E-state index contributed by atoms with van der Waals surface area (Å²) in [6.07, 6.45) is 0. The van der Waals surface area contributed by atoms with E-state index in [1.165, 1.54) is 6.07 Å². The summed E-state index contributed by atoms with van der Waals surface area (Å²) in [4.78, 5) is 20.4. The van der Waals surface area contributed by atoms with E-state index in [-0.39, 0.29) is 10.6 Å². The Hall–Kier alpha value is -2.02. The number of aromatic carboxylic acids is 1. The lowest BCUT2D eigenvalue weighted by Crippen LogP contribution is -2.11. The second kappa shape index (κ2) is 4.01. The molecule has 1 aromatic carbocycles. The van der Waals surface area contributed by atoms with Crippen LogP contribution in [-0.4, -0.2) is 21.0 Å². The van der Waals surface area contributed by atoms with Crippen LogP contribution in [0, 0.1) is 10.1 Å². The van der Waals surface area contributed by atoms with E-state index in [1.54, 1.807) is 0 Å². The normalized spacial score (nSPS) is 9.60. The Balaban J connectivity index is 3.40. The van der Waals surface area contributed by atoms with Crippen LogP contribution < -0.4 is 5.73 Å². The van der Waals surface area contributed by atoms with Gasteiger partial charge in [0.15, 0.2) is 0 Å². The topological polar surface area (TPSA) is 106 Å². The molecular weight excluding hydrogens is 220 g/mol. The number of carboxylic acids is 1. The number of thiocarbonyl (C=S) groups is 1. The molecule has 7 heteroatoms. The number of nitro benzene ring substituents is 1. The predicted molar refractivity (Wildman–Crippen MR) is 55.9 cm³/mol. The van der Waals surface area contributed by atoms with Gasteiger partial charge in [-0.1, -0.05) is 12.2 Å². The first-order chi connectivity index (χ1) is 6.93. The molecule has 0 atom stereocenters. The summed E-state index contributed by atoms with van der Waals surface area (Å²) in [7, 11) is 0. The monoisotopic (exact) mass is 226 g/mol. The molecule has 0 bridgehead atoms. The molecule has 0 aliphatic heterocycles. The maximum atomic E-state index is 10.7. The SMILES string of the molecule is NC(=S)c1ccc([N+](=O)[O-])c(C(=O)O)c1. The average molecular weight is 226 g/mol. The lowest BCUT2D eigenvalue weighted by Gasteiger charge is -2.01. The molecule has 78 valence electrons. The highest BCUT2D eigenvalue weighted by atomic mass is 32.1. The number of benzene rings is 1. The molecular formula is C8H6N2O4S. The van der Waals surface area contributed by atoms with E-state index < -0.39 is 22.1 Å². The Morgan fingerprint density at radius 1 is 1.53 bits per heavy atom. The summed E-state index contributed by atoms with van der Waals surface area (Å²) >= 11 is 4.63. The lowest BCUT2D eigenvalue weighted by molar-refractivity contribution is -0.385. The fraction of sp³-hybridized carbons (Fsp3) is 0. The van der Waals surface area contributed by atoms with Crippen molar-refractivity contribution in [1.29, 1.82) is 0 Å². The minimum absolute atomic E-state index is 0.00704. The summed E-state index contributed by atoms with van der Waals surface area (Å²) in [6, 6.07) is 3.47. The van der Waals surface area contributed by atoms with E-state index in [0.29, 0.717) is 0 Å². The zero-order valence-electron chi connectivity index (χ0n) is 7.34. The van der Waals surface area contributed by atoms with E-state index in [2.05, 4.69) is 12.2 Å². The van der Waals surface area contributed by atoms with Gasteiger partial charge in [0.05, 0.1) is 4.92 Å². The van der Waals surface area contributed by atoms with Gasteiger partial charge >= 0.3 is 5.97 Å². The smallest absolute Gasteiger partial charge is 0.342 e. The first-order valence-corrected chi connectivity index (χ1v) is 4.16. The van der Waals surface area contributed by atoms with Gasteiger partial charge in [-0.25, -0.2) is 4.79 Å². The minimum Gasteiger partial charge on any atom is -0.477 e. The van der Waals surface area contributed by atoms with Crippen molar-refractivity contribution in [3.63, 3.8) is 0 Å². The Morgan fingerprint density at radius 2 is 2.13 bits per heavy atom. The van der Waals surface area contributed by atoms with Crippen molar-refractivity contribution in [2.24, 2.45) is 5.73 Å². The average Bonchev–Trinajstić information content (AvgIpc) is 2.16. The molecule has 0 heterocycles. The highest BCUT2D eigenvalue weighted by molar-refractivity contribution is 7.80. The first kappa shape index (κ1) is 11.1. The fourth-order valence-corrected chi connectivity index (χ4v) is 1.15. The maximum absolute atomic E-state index is 10.7. The van der Waals surface area contributed by atoms with Crippen molar-refractivity contribution in [1.82, 2.24) is 0 Å². The number of nitro groups is 1. The van der Waals surface area contributed by atoms with E-state index in [1.807, 2.05) is 0 Å². The zero-order chi connectivity index (χ0) is 11.6. The van der Waals surface area contributed by atoms with Gasteiger partial charge in [-0.3, -0.25) is 10.1 Å².